The normalized spacial score (nSPS) is 26.8. The molecule has 3 atom stereocenters. The molecule has 2 aromatic rings. The van der Waals surface area contributed by atoms with E-state index in [1.807, 2.05) is 40.1 Å². The fraction of sp³-hybridized carbons (Fsp3) is 0.500. The summed E-state index contributed by atoms with van der Waals surface area (Å²) in [5, 5.41) is 4.43. The predicted molar refractivity (Wildman–Crippen MR) is 113 cm³/mol. The number of aromatic amines is 1. The molecule has 4 N–H and O–H groups in total. The lowest BCUT2D eigenvalue weighted by atomic mass is 9.89. The highest BCUT2D eigenvalue weighted by Gasteiger charge is 2.43. The topological polar surface area (TPSA) is 92.5 Å². The van der Waals surface area contributed by atoms with Crippen LogP contribution in [-0.2, 0) is 4.79 Å². The molecule has 3 fully saturated rings. The van der Waals surface area contributed by atoms with Crippen molar-refractivity contribution < 1.29 is 9.59 Å². The molecule has 3 aliphatic heterocycles. The molecule has 3 saturated heterocycles. The maximum absolute atomic E-state index is 13.0. The fourth-order valence-corrected chi connectivity index (χ4v) is 4.65. The molecule has 0 radical (unpaired) electrons. The van der Waals surface area contributed by atoms with Crippen molar-refractivity contribution in [3.8, 4) is 0 Å². The summed E-state index contributed by atoms with van der Waals surface area (Å²) < 4.78 is 0. The van der Waals surface area contributed by atoms with E-state index in [2.05, 4.69) is 21.2 Å². The summed E-state index contributed by atoms with van der Waals surface area (Å²) in [6, 6.07) is 9.96. The third-order valence-corrected chi connectivity index (χ3v) is 6.29. The van der Waals surface area contributed by atoms with Crippen LogP contribution < -0.4 is 16.2 Å². The van der Waals surface area contributed by atoms with Gasteiger partial charge in [0.15, 0.2) is 0 Å². The molecular formula is C20H27ClN6O2. The average Bonchev–Trinajstić information content (AvgIpc) is 3.37. The number of nitrogens with one attached hydrogen (secondary N) is 4. The van der Waals surface area contributed by atoms with Crippen LogP contribution in [0.5, 0.6) is 0 Å². The molecule has 2 amide bonds. The van der Waals surface area contributed by atoms with Gasteiger partial charge in [-0.3, -0.25) is 15.0 Å². The molecule has 0 aliphatic carbocycles. The lowest BCUT2D eigenvalue weighted by molar-refractivity contribution is -0.135. The first-order chi connectivity index (χ1) is 13.7. The van der Waals surface area contributed by atoms with Gasteiger partial charge in [-0.05, 0) is 25.1 Å². The van der Waals surface area contributed by atoms with Crippen LogP contribution in [-0.4, -0.2) is 78.0 Å². The van der Waals surface area contributed by atoms with Gasteiger partial charge in [-0.1, -0.05) is 18.2 Å². The summed E-state index contributed by atoms with van der Waals surface area (Å²) in [4.78, 5) is 32.8. The van der Waals surface area contributed by atoms with E-state index in [4.69, 9.17) is 0 Å². The number of carbonyl (C=O) groups is 2. The second-order valence-electron chi connectivity index (χ2n) is 7.92. The Kier molecular flexibility index (Phi) is 5.78. The summed E-state index contributed by atoms with van der Waals surface area (Å²) in [5.41, 5.74) is 8.06. The second-order valence-corrected chi connectivity index (χ2v) is 7.92. The number of piperidine rings is 1. The van der Waals surface area contributed by atoms with Gasteiger partial charge in [0.2, 0.25) is 5.91 Å². The van der Waals surface area contributed by atoms with Gasteiger partial charge in [0.05, 0.1) is 0 Å². The van der Waals surface area contributed by atoms with Crippen LogP contribution in [0, 0.1) is 5.92 Å². The van der Waals surface area contributed by atoms with Crippen molar-refractivity contribution in [1.29, 1.82) is 0 Å². The zero-order valence-electron chi connectivity index (χ0n) is 16.2. The van der Waals surface area contributed by atoms with E-state index >= 15 is 0 Å². The van der Waals surface area contributed by atoms with E-state index in [-0.39, 0.29) is 36.2 Å². The highest BCUT2D eigenvalue weighted by molar-refractivity contribution is 5.98. The molecule has 5 rings (SSSR count). The molecule has 0 bridgehead atoms. The van der Waals surface area contributed by atoms with Gasteiger partial charge in [-0.15, -0.1) is 12.4 Å². The molecule has 4 heterocycles. The number of H-pyrrole nitrogens is 1. The van der Waals surface area contributed by atoms with E-state index in [1.54, 1.807) is 0 Å². The summed E-state index contributed by atoms with van der Waals surface area (Å²) in [6.07, 6.45) is 1.04. The van der Waals surface area contributed by atoms with Crippen LogP contribution in [0.2, 0.25) is 0 Å². The number of rotatable bonds is 2. The Morgan fingerprint density at radius 2 is 1.76 bits per heavy atom. The SMILES string of the molecule is Cl.O=C(c1cc2ccccc2[nH]1)N1CCN(C(=O)C2NNC3CCNCC32)CC1. The van der Waals surface area contributed by atoms with Crippen molar-refractivity contribution >= 4 is 35.1 Å². The molecule has 0 spiro atoms. The number of para-hydroxylation sites is 1. The second kappa shape index (κ2) is 8.31. The zero-order valence-corrected chi connectivity index (χ0v) is 17.0. The van der Waals surface area contributed by atoms with Gasteiger partial charge >= 0.3 is 0 Å². The molecule has 3 aliphatic rings. The number of nitrogens with zero attached hydrogens (tertiary/aromatic N) is 2. The van der Waals surface area contributed by atoms with E-state index in [0.29, 0.717) is 37.9 Å². The summed E-state index contributed by atoms with van der Waals surface area (Å²) in [6.45, 7) is 4.13. The Hall–Kier alpha value is -2.13. The molecule has 1 aromatic heterocycles. The average molecular weight is 419 g/mol. The first kappa shape index (κ1) is 20.2. The molecule has 9 heteroatoms. The number of fused-ring (bicyclic) bond motifs is 2. The smallest absolute Gasteiger partial charge is 0.270 e. The van der Waals surface area contributed by atoms with Crippen molar-refractivity contribution in [1.82, 2.24) is 31.0 Å². The van der Waals surface area contributed by atoms with Gasteiger partial charge in [0.1, 0.15) is 11.7 Å². The summed E-state index contributed by atoms with van der Waals surface area (Å²) in [5.74, 6) is 0.425. The van der Waals surface area contributed by atoms with Crippen LogP contribution in [0.4, 0.5) is 0 Å². The lowest BCUT2D eigenvalue weighted by Crippen LogP contribution is -2.56. The largest absolute Gasteiger partial charge is 0.351 e. The van der Waals surface area contributed by atoms with E-state index in [0.717, 1.165) is 30.4 Å². The van der Waals surface area contributed by atoms with Crippen molar-refractivity contribution in [3.63, 3.8) is 0 Å². The number of amides is 2. The van der Waals surface area contributed by atoms with Crippen molar-refractivity contribution in [3.05, 3.63) is 36.0 Å². The Bertz CT molecular complexity index is 861. The van der Waals surface area contributed by atoms with Gasteiger partial charge in [-0.2, -0.15) is 0 Å². The standard InChI is InChI=1S/C20H26N6O2.ClH/c27-19(17-11-13-3-1-2-4-15(13)22-17)25-7-9-26(10-8-25)20(28)18-14-12-21-6-5-16(14)23-24-18;/h1-4,11,14,16,18,21-24H,5-10,12H2;1H. The Morgan fingerprint density at radius 1 is 1.00 bits per heavy atom. The van der Waals surface area contributed by atoms with Gasteiger partial charge in [0.25, 0.3) is 5.91 Å². The number of aromatic nitrogens is 1. The Morgan fingerprint density at radius 3 is 2.55 bits per heavy atom. The Labute approximate surface area is 175 Å². The zero-order chi connectivity index (χ0) is 19.1. The number of carbonyl (C=O) groups excluding carboxylic acids is 2. The molecule has 0 saturated carbocycles. The first-order valence-corrected chi connectivity index (χ1v) is 10.1. The number of benzene rings is 1. The molecule has 1 aromatic carbocycles. The minimum Gasteiger partial charge on any atom is -0.351 e. The van der Waals surface area contributed by atoms with Crippen LogP contribution in [0.25, 0.3) is 10.9 Å². The fourth-order valence-electron chi connectivity index (χ4n) is 4.65. The van der Waals surface area contributed by atoms with Crippen LogP contribution in [0.15, 0.2) is 30.3 Å². The van der Waals surface area contributed by atoms with Crippen molar-refractivity contribution in [2.75, 3.05) is 39.3 Å². The maximum atomic E-state index is 13.0. The highest BCUT2D eigenvalue weighted by Crippen LogP contribution is 2.22. The van der Waals surface area contributed by atoms with Crippen molar-refractivity contribution in [2.24, 2.45) is 5.92 Å². The molecule has 3 unspecified atom stereocenters. The molecule has 8 nitrogen and oxygen atoms in total. The predicted octanol–water partition coefficient (Wildman–Crippen LogP) is 0.329. The number of hydrogen-bond acceptors (Lipinski definition) is 5. The van der Waals surface area contributed by atoms with Gasteiger partial charge in [0, 0.05) is 55.6 Å². The minimum absolute atomic E-state index is 0. The number of hydrazine groups is 1. The highest BCUT2D eigenvalue weighted by atomic mass is 35.5. The Balaban J connectivity index is 0.00000205. The summed E-state index contributed by atoms with van der Waals surface area (Å²) in [7, 11) is 0. The third-order valence-electron chi connectivity index (χ3n) is 6.29. The van der Waals surface area contributed by atoms with Crippen LogP contribution in [0.3, 0.4) is 0 Å². The number of halogens is 1. The van der Waals surface area contributed by atoms with Gasteiger partial charge < -0.3 is 20.1 Å². The van der Waals surface area contributed by atoms with Crippen LogP contribution in [0.1, 0.15) is 16.9 Å². The quantitative estimate of drug-likeness (QED) is 0.564. The molecule has 29 heavy (non-hydrogen) atoms. The van der Waals surface area contributed by atoms with Crippen molar-refractivity contribution in [2.45, 2.75) is 18.5 Å². The molecular weight excluding hydrogens is 392 g/mol. The monoisotopic (exact) mass is 418 g/mol. The van der Waals surface area contributed by atoms with Gasteiger partial charge in [-0.25, -0.2) is 5.43 Å². The molecule has 156 valence electrons. The third kappa shape index (κ3) is 3.73. The minimum atomic E-state index is -0.186. The summed E-state index contributed by atoms with van der Waals surface area (Å²) >= 11 is 0. The first-order valence-electron chi connectivity index (χ1n) is 10.1. The van der Waals surface area contributed by atoms with E-state index in [1.165, 1.54) is 0 Å². The number of piperazine rings is 1. The number of hydrogen-bond donors (Lipinski definition) is 4. The maximum Gasteiger partial charge on any atom is 0.270 e. The van der Waals surface area contributed by atoms with E-state index < -0.39 is 0 Å². The van der Waals surface area contributed by atoms with E-state index in [9.17, 15) is 9.59 Å². The van der Waals surface area contributed by atoms with Crippen LogP contribution >= 0.6 is 12.4 Å². The lowest BCUT2D eigenvalue weighted by Gasteiger charge is -2.37.